The van der Waals surface area contributed by atoms with Crippen molar-refractivity contribution >= 4 is 5.82 Å². The molecule has 3 heteroatoms. The van der Waals surface area contributed by atoms with Crippen molar-refractivity contribution in [2.75, 3.05) is 11.9 Å². The normalized spacial score (nSPS) is 12.6. The number of hydrogen-bond donors (Lipinski definition) is 1. The second kappa shape index (κ2) is 4.96. The first-order valence-electron chi connectivity index (χ1n) is 5.07. The van der Waals surface area contributed by atoms with Crippen LogP contribution in [0.15, 0.2) is 18.3 Å². The number of rotatable bonds is 4. The summed E-state index contributed by atoms with van der Waals surface area (Å²) in [4.78, 5) is 6.55. The van der Waals surface area contributed by atoms with E-state index in [-0.39, 0.29) is 0 Å². The molecule has 0 fully saturated rings. The Balaban J connectivity index is 2.93. The van der Waals surface area contributed by atoms with Gasteiger partial charge in [-0.1, -0.05) is 13.0 Å². The minimum Gasteiger partial charge on any atom is -0.357 e. The number of nitrogens with zero attached hydrogens (tertiary/aromatic N) is 2. The summed E-state index contributed by atoms with van der Waals surface area (Å²) in [7, 11) is 2.07. The minimum absolute atomic E-state index is 0.496. The van der Waals surface area contributed by atoms with Gasteiger partial charge < -0.3 is 10.6 Å². The van der Waals surface area contributed by atoms with Crippen molar-refractivity contribution in [2.45, 2.75) is 32.9 Å². The summed E-state index contributed by atoms with van der Waals surface area (Å²) >= 11 is 0. The molecule has 0 aliphatic heterocycles. The van der Waals surface area contributed by atoms with E-state index in [9.17, 15) is 0 Å². The molecule has 1 aromatic rings. The maximum atomic E-state index is 5.66. The third-order valence-electron chi connectivity index (χ3n) is 2.67. The predicted molar refractivity (Wildman–Crippen MR) is 60.3 cm³/mol. The van der Waals surface area contributed by atoms with Crippen LogP contribution in [-0.2, 0) is 6.54 Å². The predicted octanol–water partition coefficient (Wildman–Crippen LogP) is 1.77. The Morgan fingerprint density at radius 3 is 2.86 bits per heavy atom. The fourth-order valence-electron chi connectivity index (χ4n) is 1.39. The maximum Gasteiger partial charge on any atom is 0.132 e. The van der Waals surface area contributed by atoms with E-state index in [1.54, 1.807) is 0 Å². The molecule has 1 unspecified atom stereocenters. The third-order valence-corrected chi connectivity index (χ3v) is 2.67. The van der Waals surface area contributed by atoms with Gasteiger partial charge in [0.1, 0.15) is 5.82 Å². The molecule has 78 valence electrons. The quantitative estimate of drug-likeness (QED) is 0.792. The Kier molecular flexibility index (Phi) is 3.89. The van der Waals surface area contributed by atoms with E-state index < -0.39 is 0 Å². The molecule has 0 aliphatic rings. The van der Waals surface area contributed by atoms with Gasteiger partial charge in [0, 0.05) is 31.4 Å². The van der Waals surface area contributed by atoms with Crippen LogP contribution in [0.1, 0.15) is 25.8 Å². The summed E-state index contributed by atoms with van der Waals surface area (Å²) in [6.45, 7) is 4.91. The van der Waals surface area contributed by atoms with Gasteiger partial charge in [-0.2, -0.15) is 0 Å². The molecule has 0 saturated heterocycles. The van der Waals surface area contributed by atoms with E-state index >= 15 is 0 Å². The molecule has 0 bridgehead atoms. The van der Waals surface area contributed by atoms with E-state index in [4.69, 9.17) is 5.73 Å². The van der Waals surface area contributed by atoms with Crippen LogP contribution in [0.3, 0.4) is 0 Å². The van der Waals surface area contributed by atoms with E-state index in [1.807, 2.05) is 18.3 Å². The standard InChI is InChI=1S/C11H19N3/c1-4-9(2)14(3)11-10(8-12)6-5-7-13-11/h5-7,9H,4,8,12H2,1-3H3. The Hall–Kier alpha value is -1.09. The molecule has 3 nitrogen and oxygen atoms in total. The Morgan fingerprint density at radius 2 is 2.29 bits per heavy atom. The Labute approximate surface area is 85.9 Å². The monoisotopic (exact) mass is 193 g/mol. The van der Waals surface area contributed by atoms with Crippen LogP contribution in [0.2, 0.25) is 0 Å². The van der Waals surface area contributed by atoms with E-state index in [0.717, 1.165) is 17.8 Å². The highest BCUT2D eigenvalue weighted by Gasteiger charge is 2.11. The summed E-state index contributed by atoms with van der Waals surface area (Å²) in [6.07, 6.45) is 2.92. The maximum absolute atomic E-state index is 5.66. The van der Waals surface area contributed by atoms with Gasteiger partial charge in [0.15, 0.2) is 0 Å². The van der Waals surface area contributed by atoms with Gasteiger partial charge in [-0.25, -0.2) is 4.98 Å². The summed E-state index contributed by atoms with van der Waals surface area (Å²) < 4.78 is 0. The first kappa shape index (κ1) is 11.0. The fraction of sp³-hybridized carbons (Fsp3) is 0.545. The lowest BCUT2D eigenvalue weighted by atomic mass is 10.2. The summed E-state index contributed by atoms with van der Waals surface area (Å²) in [5, 5.41) is 0. The van der Waals surface area contributed by atoms with Crippen LogP contribution in [0, 0.1) is 0 Å². The van der Waals surface area contributed by atoms with E-state index in [1.165, 1.54) is 0 Å². The van der Waals surface area contributed by atoms with Crippen molar-refractivity contribution in [1.82, 2.24) is 4.98 Å². The molecular formula is C11H19N3. The molecule has 0 amide bonds. The molecule has 1 atom stereocenters. The van der Waals surface area contributed by atoms with Crippen LogP contribution < -0.4 is 10.6 Å². The van der Waals surface area contributed by atoms with Crippen LogP contribution in [0.5, 0.6) is 0 Å². The van der Waals surface area contributed by atoms with Gasteiger partial charge in [-0.05, 0) is 19.4 Å². The second-order valence-electron chi connectivity index (χ2n) is 3.56. The molecule has 0 radical (unpaired) electrons. The molecule has 0 aromatic carbocycles. The second-order valence-corrected chi connectivity index (χ2v) is 3.56. The molecule has 1 heterocycles. The number of hydrogen-bond acceptors (Lipinski definition) is 3. The highest BCUT2D eigenvalue weighted by molar-refractivity contribution is 5.46. The third kappa shape index (κ3) is 2.23. The average Bonchev–Trinajstić information content (AvgIpc) is 2.26. The molecule has 2 N–H and O–H groups in total. The van der Waals surface area contributed by atoms with E-state index in [2.05, 4.69) is 30.8 Å². The minimum atomic E-state index is 0.496. The average molecular weight is 193 g/mol. The zero-order chi connectivity index (χ0) is 10.6. The van der Waals surface area contributed by atoms with E-state index in [0.29, 0.717) is 12.6 Å². The van der Waals surface area contributed by atoms with Gasteiger partial charge in [0.05, 0.1) is 0 Å². The molecular weight excluding hydrogens is 174 g/mol. The molecule has 1 rings (SSSR count). The lowest BCUT2D eigenvalue weighted by Gasteiger charge is -2.26. The Bertz CT molecular complexity index is 286. The molecule has 1 aromatic heterocycles. The summed E-state index contributed by atoms with van der Waals surface area (Å²) in [5.74, 6) is 1.00. The van der Waals surface area contributed by atoms with Crippen LogP contribution in [0.4, 0.5) is 5.82 Å². The van der Waals surface area contributed by atoms with Crippen molar-refractivity contribution in [1.29, 1.82) is 0 Å². The van der Waals surface area contributed by atoms with Crippen molar-refractivity contribution in [3.05, 3.63) is 23.9 Å². The first-order chi connectivity index (χ1) is 6.70. The summed E-state index contributed by atoms with van der Waals surface area (Å²) in [5.41, 5.74) is 6.77. The SMILES string of the molecule is CCC(C)N(C)c1ncccc1CN. The lowest BCUT2D eigenvalue weighted by molar-refractivity contribution is 0.653. The van der Waals surface area contributed by atoms with Crippen molar-refractivity contribution in [3.63, 3.8) is 0 Å². The zero-order valence-electron chi connectivity index (χ0n) is 9.20. The van der Waals surface area contributed by atoms with Crippen molar-refractivity contribution < 1.29 is 0 Å². The van der Waals surface area contributed by atoms with Crippen molar-refractivity contribution in [3.8, 4) is 0 Å². The number of aromatic nitrogens is 1. The van der Waals surface area contributed by atoms with Gasteiger partial charge >= 0.3 is 0 Å². The highest BCUT2D eigenvalue weighted by atomic mass is 15.2. The number of anilines is 1. The van der Waals surface area contributed by atoms with Crippen LogP contribution in [0.25, 0.3) is 0 Å². The van der Waals surface area contributed by atoms with Gasteiger partial charge in [-0.15, -0.1) is 0 Å². The molecule has 14 heavy (non-hydrogen) atoms. The summed E-state index contributed by atoms with van der Waals surface area (Å²) in [6, 6.07) is 4.45. The lowest BCUT2D eigenvalue weighted by Crippen LogP contribution is -2.30. The van der Waals surface area contributed by atoms with Gasteiger partial charge in [-0.3, -0.25) is 0 Å². The molecule has 0 aliphatic carbocycles. The first-order valence-corrected chi connectivity index (χ1v) is 5.07. The molecule has 0 saturated carbocycles. The van der Waals surface area contributed by atoms with Crippen molar-refractivity contribution in [2.24, 2.45) is 5.73 Å². The largest absolute Gasteiger partial charge is 0.357 e. The smallest absolute Gasteiger partial charge is 0.132 e. The zero-order valence-corrected chi connectivity index (χ0v) is 9.20. The topological polar surface area (TPSA) is 42.2 Å². The van der Waals surface area contributed by atoms with Gasteiger partial charge in [0.2, 0.25) is 0 Å². The fourth-order valence-corrected chi connectivity index (χ4v) is 1.39. The van der Waals surface area contributed by atoms with Crippen LogP contribution >= 0.6 is 0 Å². The number of pyridine rings is 1. The highest BCUT2D eigenvalue weighted by Crippen LogP contribution is 2.18. The molecule has 0 spiro atoms. The van der Waals surface area contributed by atoms with Crippen LogP contribution in [-0.4, -0.2) is 18.1 Å². The Morgan fingerprint density at radius 1 is 1.57 bits per heavy atom. The number of nitrogens with two attached hydrogens (primary N) is 1. The van der Waals surface area contributed by atoms with Gasteiger partial charge in [0.25, 0.3) is 0 Å².